The lowest BCUT2D eigenvalue weighted by molar-refractivity contribution is 0.243. The number of rotatable bonds is 0. The summed E-state index contributed by atoms with van der Waals surface area (Å²) < 4.78 is 0. The van der Waals surface area contributed by atoms with Gasteiger partial charge in [-0.25, -0.2) is 0 Å². The lowest BCUT2D eigenvalue weighted by atomic mass is 9.90. The number of piperidine rings is 1. The summed E-state index contributed by atoms with van der Waals surface area (Å²) in [5, 5.41) is 4.45. The molecule has 2 atom stereocenters. The van der Waals surface area contributed by atoms with Gasteiger partial charge in [-0.2, -0.15) is 0 Å². The molecular weight excluding hydrogens is 208 g/mol. The molecule has 0 aliphatic carbocycles. The van der Waals surface area contributed by atoms with Crippen molar-refractivity contribution in [2.45, 2.75) is 18.4 Å². The Balaban J connectivity index is 1.98. The number of nitrogens with zero attached hydrogens (tertiary/aromatic N) is 1. The Bertz CT molecular complexity index is 391. The fourth-order valence-electron chi connectivity index (χ4n) is 2.77. The zero-order valence-corrected chi connectivity index (χ0v) is 9.59. The average Bonchev–Trinajstić information content (AvgIpc) is 2.56. The number of halogens is 1. The van der Waals surface area contributed by atoms with Crippen LogP contribution in [0.1, 0.15) is 17.9 Å². The van der Waals surface area contributed by atoms with E-state index < -0.39 is 0 Å². The maximum Gasteiger partial charge on any atom is 0.0410 e. The third kappa shape index (κ3) is 1.52. The zero-order valence-electron chi connectivity index (χ0n) is 8.83. The van der Waals surface area contributed by atoms with Gasteiger partial charge in [0.1, 0.15) is 0 Å². The fourth-order valence-corrected chi connectivity index (χ4v) is 2.95. The normalized spacial score (nSPS) is 29.5. The van der Waals surface area contributed by atoms with Crippen molar-refractivity contribution in [1.82, 2.24) is 4.90 Å². The standard InChI is InChI=1S/C12H15ClN2/c1-15-5-4-12-10(7-15)9-6-8(13)2-3-11(9)14-12/h2-3,6,10,12,14H,4-5,7H2,1H3. The molecule has 0 amide bonds. The van der Waals surface area contributed by atoms with Gasteiger partial charge in [0.15, 0.2) is 0 Å². The maximum absolute atomic E-state index is 6.05. The molecule has 2 unspecified atom stereocenters. The van der Waals surface area contributed by atoms with E-state index >= 15 is 0 Å². The third-order valence-corrected chi connectivity index (χ3v) is 3.80. The third-order valence-electron chi connectivity index (χ3n) is 3.57. The first-order valence-electron chi connectivity index (χ1n) is 5.48. The lowest BCUT2D eigenvalue weighted by Crippen LogP contribution is -2.39. The molecule has 0 aromatic heterocycles. The molecule has 2 aliphatic heterocycles. The van der Waals surface area contributed by atoms with Gasteiger partial charge in [0.05, 0.1) is 0 Å². The summed E-state index contributed by atoms with van der Waals surface area (Å²) in [5.41, 5.74) is 2.68. The Hall–Kier alpha value is -0.730. The fraction of sp³-hybridized carbons (Fsp3) is 0.500. The summed E-state index contributed by atoms with van der Waals surface area (Å²) in [6.07, 6.45) is 1.23. The van der Waals surface area contributed by atoms with E-state index in [2.05, 4.69) is 29.4 Å². The van der Waals surface area contributed by atoms with Crippen LogP contribution in [-0.2, 0) is 0 Å². The van der Waals surface area contributed by atoms with E-state index in [4.69, 9.17) is 11.6 Å². The Morgan fingerprint density at radius 3 is 3.20 bits per heavy atom. The summed E-state index contributed by atoms with van der Waals surface area (Å²) >= 11 is 6.05. The van der Waals surface area contributed by atoms with Crippen molar-refractivity contribution in [3.63, 3.8) is 0 Å². The highest BCUT2D eigenvalue weighted by atomic mass is 35.5. The summed E-state index contributed by atoms with van der Waals surface area (Å²) in [7, 11) is 2.19. The van der Waals surface area contributed by atoms with E-state index in [1.165, 1.54) is 24.2 Å². The molecule has 80 valence electrons. The van der Waals surface area contributed by atoms with Gasteiger partial charge >= 0.3 is 0 Å². The van der Waals surface area contributed by atoms with E-state index in [1.54, 1.807) is 0 Å². The molecule has 1 fully saturated rings. The van der Waals surface area contributed by atoms with Crippen LogP contribution in [0.5, 0.6) is 0 Å². The van der Waals surface area contributed by atoms with E-state index in [0.717, 1.165) is 11.6 Å². The van der Waals surface area contributed by atoms with Gasteiger partial charge in [0.25, 0.3) is 0 Å². The van der Waals surface area contributed by atoms with Crippen molar-refractivity contribution >= 4 is 17.3 Å². The van der Waals surface area contributed by atoms with Gasteiger partial charge in [-0.15, -0.1) is 0 Å². The van der Waals surface area contributed by atoms with Crippen molar-refractivity contribution in [3.8, 4) is 0 Å². The molecule has 0 radical (unpaired) electrons. The predicted octanol–water partition coefficient (Wildman–Crippen LogP) is 2.55. The Labute approximate surface area is 95.2 Å². The summed E-state index contributed by atoms with van der Waals surface area (Å²) in [4.78, 5) is 2.40. The first-order chi connectivity index (χ1) is 7.24. The van der Waals surface area contributed by atoms with Crippen molar-refractivity contribution in [2.75, 3.05) is 25.5 Å². The molecule has 0 spiro atoms. The van der Waals surface area contributed by atoms with E-state index in [0.29, 0.717) is 12.0 Å². The zero-order chi connectivity index (χ0) is 10.4. The Morgan fingerprint density at radius 2 is 2.33 bits per heavy atom. The number of nitrogens with one attached hydrogen (secondary N) is 1. The van der Waals surface area contributed by atoms with Crippen molar-refractivity contribution in [3.05, 3.63) is 28.8 Å². The van der Waals surface area contributed by atoms with Crippen molar-refractivity contribution in [1.29, 1.82) is 0 Å². The van der Waals surface area contributed by atoms with Crippen molar-refractivity contribution in [2.24, 2.45) is 0 Å². The molecule has 2 aliphatic rings. The molecule has 0 bridgehead atoms. The first-order valence-corrected chi connectivity index (χ1v) is 5.86. The van der Waals surface area contributed by atoms with Crippen LogP contribution in [-0.4, -0.2) is 31.1 Å². The number of fused-ring (bicyclic) bond motifs is 3. The predicted molar refractivity (Wildman–Crippen MR) is 63.7 cm³/mol. The average molecular weight is 223 g/mol. The molecule has 1 N–H and O–H groups in total. The van der Waals surface area contributed by atoms with Gasteiger partial charge in [-0.05, 0) is 43.8 Å². The van der Waals surface area contributed by atoms with Gasteiger partial charge in [0, 0.05) is 29.2 Å². The van der Waals surface area contributed by atoms with Crippen molar-refractivity contribution < 1.29 is 0 Å². The summed E-state index contributed by atoms with van der Waals surface area (Å²) in [6, 6.07) is 6.81. The molecule has 1 aromatic rings. The van der Waals surface area contributed by atoms with Gasteiger partial charge in [0.2, 0.25) is 0 Å². The molecule has 1 aromatic carbocycles. The van der Waals surface area contributed by atoms with Crippen LogP contribution in [0.25, 0.3) is 0 Å². The van der Waals surface area contributed by atoms with Crippen LogP contribution in [0.4, 0.5) is 5.69 Å². The second kappa shape index (κ2) is 3.39. The molecule has 3 rings (SSSR count). The topological polar surface area (TPSA) is 15.3 Å². The van der Waals surface area contributed by atoms with E-state index in [1.807, 2.05) is 6.07 Å². The molecule has 3 heteroatoms. The van der Waals surface area contributed by atoms with Gasteiger partial charge in [-0.1, -0.05) is 11.6 Å². The van der Waals surface area contributed by atoms with Crippen LogP contribution in [0.15, 0.2) is 18.2 Å². The second-order valence-electron chi connectivity index (χ2n) is 4.64. The van der Waals surface area contributed by atoms with E-state index in [9.17, 15) is 0 Å². The van der Waals surface area contributed by atoms with E-state index in [-0.39, 0.29) is 0 Å². The van der Waals surface area contributed by atoms with Crippen LogP contribution in [0.3, 0.4) is 0 Å². The quantitative estimate of drug-likeness (QED) is 0.726. The number of anilines is 1. The maximum atomic E-state index is 6.05. The number of hydrogen-bond acceptors (Lipinski definition) is 2. The van der Waals surface area contributed by atoms with Gasteiger partial charge < -0.3 is 10.2 Å². The SMILES string of the molecule is CN1CCC2Nc3ccc(Cl)cc3C2C1. The second-order valence-corrected chi connectivity index (χ2v) is 5.08. The molecule has 1 saturated heterocycles. The smallest absolute Gasteiger partial charge is 0.0410 e. The largest absolute Gasteiger partial charge is 0.381 e. The minimum atomic E-state index is 0.620. The molecule has 2 nitrogen and oxygen atoms in total. The Morgan fingerprint density at radius 1 is 1.47 bits per heavy atom. The Kier molecular flexibility index (Phi) is 2.15. The van der Waals surface area contributed by atoms with Crippen LogP contribution >= 0.6 is 11.6 Å². The van der Waals surface area contributed by atoms with Crippen LogP contribution in [0, 0.1) is 0 Å². The lowest BCUT2D eigenvalue weighted by Gasteiger charge is -2.32. The number of likely N-dealkylation sites (N-methyl/N-ethyl adjacent to an activating group) is 1. The molecular formula is C12H15ClN2. The van der Waals surface area contributed by atoms with Crippen LogP contribution < -0.4 is 5.32 Å². The number of likely N-dealkylation sites (tertiary alicyclic amines) is 1. The molecule has 15 heavy (non-hydrogen) atoms. The highest BCUT2D eigenvalue weighted by Crippen LogP contribution is 2.40. The van der Waals surface area contributed by atoms with Crippen LogP contribution in [0.2, 0.25) is 5.02 Å². The summed E-state index contributed by atoms with van der Waals surface area (Å²) in [6.45, 7) is 2.33. The van der Waals surface area contributed by atoms with Gasteiger partial charge in [-0.3, -0.25) is 0 Å². The first kappa shape index (κ1) is 9.49. The minimum absolute atomic E-state index is 0.620. The molecule has 2 heterocycles. The highest BCUT2D eigenvalue weighted by Gasteiger charge is 2.35. The number of benzene rings is 1. The highest BCUT2D eigenvalue weighted by molar-refractivity contribution is 6.30. The summed E-state index contributed by atoms with van der Waals surface area (Å²) in [5.74, 6) is 0.623. The number of hydrogen-bond donors (Lipinski definition) is 1. The minimum Gasteiger partial charge on any atom is -0.381 e. The molecule has 0 saturated carbocycles. The monoisotopic (exact) mass is 222 g/mol.